The standard InChI is InChI=1S/C26H23NO5/c1-31-24(26(28)29)18-20-11-9-19(10-12-20)6-5-17-32-23-15-13-22(14-16-23)25(27-30)21-7-3-2-4-8-21/h2-4,7-16,24,30H,17-18H2,1H3,(H,28,29)/b27-25-/t24-/m0/s1. The molecule has 32 heavy (non-hydrogen) atoms. The van der Waals surface area contributed by atoms with Crippen molar-refractivity contribution in [3.8, 4) is 17.6 Å². The highest BCUT2D eigenvalue weighted by molar-refractivity contribution is 6.12. The summed E-state index contributed by atoms with van der Waals surface area (Å²) in [4.78, 5) is 11.0. The summed E-state index contributed by atoms with van der Waals surface area (Å²) < 4.78 is 10.6. The van der Waals surface area contributed by atoms with Gasteiger partial charge in [0.05, 0.1) is 0 Å². The Balaban J connectivity index is 1.54. The van der Waals surface area contributed by atoms with Crippen molar-refractivity contribution in [1.82, 2.24) is 0 Å². The summed E-state index contributed by atoms with van der Waals surface area (Å²) in [7, 11) is 1.38. The molecule has 162 valence electrons. The third kappa shape index (κ3) is 6.21. The Morgan fingerprint density at radius 3 is 2.22 bits per heavy atom. The second-order valence-electron chi connectivity index (χ2n) is 6.89. The quantitative estimate of drug-likeness (QED) is 0.245. The molecule has 0 bridgehead atoms. The van der Waals surface area contributed by atoms with E-state index in [9.17, 15) is 10.0 Å². The molecule has 3 aromatic rings. The third-order valence-corrected chi connectivity index (χ3v) is 4.75. The van der Waals surface area contributed by atoms with E-state index in [-0.39, 0.29) is 6.61 Å². The summed E-state index contributed by atoms with van der Waals surface area (Å²) in [6, 6.07) is 24.0. The molecule has 2 N–H and O–H groups in total. The number of methoxy groups -OCH3 is 1. The minimum Gasteiger partial charge on any atom is -0.481 e. The molecule has 0 aromatic heterocycles. The van der Waals surface area contributed by atoms with Crippen LogP contribution < -0.4 is 4.74 Å². The van der Waals surface area contributed by atoms with Crippen molar-refractivity contribution in [3.63, 3.8) is 0 Å². The number of benzene rings is 3. The third-order valence-electron chi connectivity index (χ3n) is 4.75. The van der Waals surface area contributed by atoms with Crippen LogP contribution in [0.1, 0.15) is 22.3 Å². The molecule has 3 aromatic carbocycles. The van der Waals surface area contributed by atoms with Gasteiger partial charge < -0.3 is 19.8 Å². The molecule has 0 fully saturated rings. The van der Waals surface area contributed by atoms with Gasteiger partial charge in [-0.2, -0.15) is 0 Å². The molecule has 0 radical (unpaired) electrons. The van der Waals surface area contributed by atoms with Crippen molar-refractivity contribution in [1.29, 1.82) is 0 Å². The number of nitrogens with zero attached hydrogens (tertiary/aromatic N) is 1. The van der Waals surface area contributed by atoms with Crippen LogP contribution in [-0.2, 0) is 16.0 Å². The fraction of sp³-hybridized carbons (Fsp3) is 0.154. The Kier molecular flexibility index (Phi) is 8.02. The van der Waals surface area contributed by atoms with Gasteiger partial charge in [-0.25, -0.2) is 4.79 Å². The monoisotopic (exact) mass is 429 g/mol. The van der Waals surface area contributed by atoms with Gasteiger partial charge in [-0.3, -0.25) is 0 Å². The van der Waals surface area contributed by atoms with Gasteiger partial charge in [-0.1, -0.05) is 59.5 Å². The highest BCUT2D eigenvalue weighted by atomic mass is 16.5. The van der Waals surface area contributed by atoms with E-state index in [2.05, 4.69) is 17.0 Å². The molecular formula is C26H23NO5. The number of hydrogen-bond acceptors (Lipinski definition) is 5. The van der Waals surface area contributed by atoms with E-state index in [4.69, 9.17) is 14.6 Å². The molecule has 0 saturated heterocycles. The van der Waals surface area contributed by atoms with Crippen LogP contribution in [0.5, 0.6) is 5.75 Å². The number of carboxylic acid groups (broad SMARTS) is 1. The molecule has 0 amide bonds. The highest BCUT2D eigenvalue weighted by Crippen LogP contribution is 2.16. The normalized spacial score (nSPS) is 11.8. The predicted molar refractivity (Wildman–Crippen MR) is 121 cm³/mol. The second-order valence-corrected chi connectivity index (χ2v) is 6.89. The average molecular weight is 429 g/mol. The summed E-state index contributed by atoms with van der Waals surface area (Å²) in [5, 5.41) is 21.9. The van der Waals surface area contributed by atoms with Crippen LogP contribution in [0.2, 0.25) is 0 Å². The van der Waals surface area contributed by atoms with Crippen molar-refractivity contribution < 1.29 is 24.6 Å². The van der Waals surface area contributed by atoms with Gasteiger partial charge in [0.15, 0.2) is 6.10 Å². The maximum Gasteiger partial charge on any atom is 0.333 e. The lowest BCUT2D eigenvalue weighted by Crippen LogP contribution is -2.24. The number of rotatable bonds is 8. The van der Waals surface area contributed by atoms with Crippen LogP contribution in [-0.4, -0.2) is 41.8 Å². The van der Waals surface area contributed by atoms with Gasteiger partial charge in [-0.05, 0) is 42.0 Å². The van der Waals surface area contributed by atoms with E-state index < -0.39 is 12.1 Å². The molecule has 0 spiro atoms. The lowest BCUT2D eigenvalue weighted by Gasteiger charge is -2.10. The van der Waals surface area contributed by atoms with Gasteiger partial charge in [0.1, 0.15) is 18.1 Å². The molecule has 1 atom stereocenters. The van der Waals surface area contributed by atoms with Crippen molar-refractivity contribution in [2.24, 2.45) is 5.16 Å². The van der Waals surface area contributed by atoms with E-state index in [1.165, 1.54) is 7.11 Å². The van der Waals surface area contributed by atoms with Crippen LogP contribution in [0.4, 0.5) is 0 Å². The average Bonchev–Trinajstić information content (AvgIpc) is 2.83. The molecule has 0 unspecified atom stereocenters. The molecular weight excluding hydrogens is 406 g/mol. The van der Waals surface area contributed by atoms with Gasteiger partial charge >= 0.3 is 5.97 Å². The molecule has 6 nitrogen and oxygen atoms in total. The maximum atomic E-state index is 11.0. The minimum atomic E-state index is -0.985. The Labute approximate surface area is 186 Å². The first-order valence-corrected chi connectivity index (χ1v) is 9.95. The first kappa shape index (κ1) is 22.6. The van der Waals surface area contributed by atoms with Crippen molar-refractivity contribution in [2.45, 2.75) is 12.5 Å². The summed E-state index contributed by atoms with van der Waals surface area (Å²) in [5.74, 6) is 5.65. The largest absolute Gasteiger partial charge is 0.481 e. The van der Waals surface area contributed by atoms with Crippen LogP contribution in [0, 0.1) is 11.8 Å². The smallest absolute Gasteiger partial charge is 0.333 e. The lowest BCUT2D eigenvalue weighted by molar-refractivity contribution is -0.148. The fourth-order valence-corrected chi connectivity index (χ4v) is 3.05. The Bertz CT molecular complexity index is 1110. The zero-order valence-electron chi connectivity index (χ0n) is 17.6. The first-order valence-electron chi connectivity index (χ1n) is 9.95. The number of aliphatic carboxylic acids is 1. The SMILES string of the molecule is CO[C@@H](Cc1ccc(C#CCOc2ccc(/C(=N\O)c3ccccc3)cc2)cc1)C(=O)O. The number of hydrogen-bond donors (Lipinski definition) is 2. The number of ether oxygens (including phenoxy) is 2. The second kappa shape index (κ2) is 11.3. The van der Waals surface area contributed by atoms with Crippen LogP contribution in [0.15, 0.2) is 84.0 Å². The van der Waals surface area contributed by atoms with Crippen molar-refractivity contribution >= 4 is 11.7 Å². The molecule has 3 rings (SSSR count). The predicted octanol–water partition coefficient (Wildman–Crippen LogP) is 3.99. The van der Waals surface area contributed by atoms with Crippen LogP contribution >= 0.6 is 0 Å². The fourth-order valence-electron chi connectivity index (χ4n) is 3.05. The zero-order chi connectivity index (χ0) is 22.8. The molecule has 0 heterocycles. The van der Waals surface area contributed by atoms with E-state index in [0.29, 0.717) is 17.9 Å². The molecule has 6 heteroatoms. The van der Waals surface area contributed by atoms with E-state index >= 15 is 0 Å². The zero-order valence-corrected chi connectivity index (χ0v) is 17.6. The van der Waals surface area contributed by atoms with Gasteiger partial charge in [0.2, 0.25) is 0 Å². The van der Waals surface area contributed by atoms with Gasteiger partial charge in [-0.15, -0.1) is 0 Å². The summed E-state index contributed by atoms with van der Waals surface area (Å²) >= 11 is 0. The molecule has 0 aliphatic heterocycles. The van der Waals surface area contributed by atoms with Crippen LogP contribution in [0.25, 0.3) is 0 Å². The summed E-state index contributed by atoms with van der Waals surface area (Å²) in [6.45, 7) is 0.214. The Morgan fingerprint density at radius 1 is 0.969 bits per heavy atom. The Morgan fingerprint density at radius 2 is 1.62 bits per heavy atom. The first-order chi connectivity index (χ1) is 15.6. The molecule has 0 aliphatic rings. The van der Waals surface area contributed by atoms with Crippen molar-refractivity contribution in [2.75, 3.05) is 13.7 Å². The van der Waals surface area contributed by atoms with Crippen molar-refractivity contribution in [3.05, 3.63) is 101 Å². The molecule has 0 saturated carbocycles. The van der Waals surface area contributed by atoms with Gasteiger partial charge in [0, 0.05) is 30.2 Å². The lowest BCUT2D eigenvalue weighted by atomic mass is 10.0. The van der Waals surface area contributed by atoms with E-state index in [0.717, 1.165) is 22.3 Å². The summed E-state index contributed by atoms with van der Waals surface area (Å²) in [6.07, 6.45) is -0.565. The van der Waals surface area contributed by atoms with Crippen LogP contribution in [0.3, 0.4) is 0 Å². The molecule has 0 aliphatic carbocycles. The minimum absolute atomic E-state index is 0.214. The Hall–Kier alpha value is -4.08. The summed E-state index contributed by atoms with van der Waals surface area (Å²) in [5.41, 5.74) is 3.75. The maximum absolute atomic E-state index is 11.0. The number of carboxylic acids is 1. The van der Waals surface area contributed by atoms with Gasteiger partial charge in [0.25, 0.3) is 0 Å². The number of oxime groups is 1. The van der Waals surface area contributed by atoms with E-state index in [1.54, 1.807) is 12.1 Å². The van der Waals surface area contributed by atoms with E-state index in [1.807, 2.05) is 66.7 Å². The number of carbonyl (C=O) groups is 1. The topological polar surface area (TPSA) is 88.4 Å². The highest BCUT2D eigenvalue weighted by Gasteiger charge is 2.16.